The van der Waals surface area contributed by atoms with E-state index in [2.05, 4.69) is 10.3 Å². The average molecular weight is 314 g/mol. The fraction of sp³-hybridized carbons (Fsp3) is 0.389. The summed E-state index contributed by atoms with van der Waals surface area (Å²) >= 11 is 0. The zero-order chi connectivity index (χ0) is 17.0. The van der Waals surface area contributed by atoms with Gasteiger partial charge in [-0.15, -0.1) is 0 Å². The van der Waals surface area contributed by atoms with Crippen molar-refractivity contribution in [1.29, 1.82) is 0 Å². The molecule has 2 N–H and O–H groups in total. The van der Waals surface area contributed by atoms with Gasteiger partial charge in [0.15, 0.2) is 0 Å². The molecule has 1 heterocycles. The average Bonchev–Trinajstić information content (AvgIpc) is 2.54. The Kier molecular flexibility index (Phi) is 4.98. The number of pyridine rings is 1. The highest BCUT2D eigenvalue weighted by atomic mass is 16.4. The molecule has 0 unspecified atom stereocenters. The maximum absolute atomic E-state index is 12.6. The molecule has 0 aliphatic carbocycles. The third-order valence-electron chi connectivity index (χ3n) is 4.48. The van der Waals surface area contributed by atoms with Crippen LogP contribution in [-0.4, -0.2) is 28.5 Å². The molecule has 0 fully saturated rings. The molecule has 0 saturated carbocycles. The Balaban J connectivity index is 2.30. The molecule has 0 aliphatic rings. The van der Waals surface area contributed by atoms with Crippen LogP contribution in [0.1, 0.15) is 42.7 Å². The minimum absolute atomic E-state index is 0.115. The monoisotopic (exact) mass is 314 g/mol. The summed E-state index contributed by atoms with van der Waals surface area (Å²) < 4.78 is 0. The highest BCUT2D eigenvalue weighted by Crippen LogP contribution is 2.26. The third kappa shape index (κ3) is 3.33. The predicted octanol–water partition coefficient (Wildman–Crippen LogP) is 3.16. The number of aromatic nitrogens is 1. The number of carbonyl (C=O) groups excluding carboxylic acids is 1. The lowest BCUT2D eigenvalue weighted by Gasteiger charge is -2.27. The predicted molar refractivity (Wildman–Crippen MR) is 89.5 cm³/mol. The Hall–Kier alpha value is -2.43. The zero-order valence-corrected chi connectivity index (χ0v) is 13.7. The largest absolute Gasteiger partial charge is 0.481 e. The fourth-order valence-corrected chi connectivity index (χ4v) is 2.72. The third-order valence-corrected chi connectivity index (χ3v) is 4.48. The first-order valence-corrected chi connectivity index (χ1v) is 7.81. The van der Waals surface area contributed by atoms with E-state index in [0.29, 0.717) is 18.4 Å². The molecule has 122 valence electrons. The van der Waals surface area contributed by atoms with E-state index in [1.165, 1.54) is 0 Å². The van der Waals surface area contributed by atoms with Crippen molar-refractivity contribution < 1.29 is 14.7 Å². The number of benzene rings is 1. The van der Waals surface area contributed by atoms with Gasteiger partial charge < -0.3 is 10.4 Å². The molecule has 0 radical (unpaired) electrons. The number of fused-ring (bicyclic) bond motifs is 1. The molecule has 0 atom stereocenters. The van der Waals surface area contributed by atoms with Crippen molar-refractivity contribution in [3.05, 3.63) is 41.6 Å². The van der Waals surface area contributed by atoms with Gasteiger partial charge in [-0.2, -0.15) is 0 Å². The van der Waals surface area contributed by atoms with E-state index < -0.39 is 11.4 Å². The molecule has 5 heteroatoms. The summed E-state index contributed by atoms with van der Waals surface area (Å²) in [7, 11) is 0. The molecule has 1 amide bonds. The number of carbonyl (C=O) groups is 2. The standard InChI is InChI=1S/C18H22N2O3/c1-4-18(5-2,17(22)23)11-19-16(21)14-10-12(3)20-15-9-7-6-8-13(14)15/h6-10H,4-5,11H2,1-3H3,(H,19,21)(H,22,23). The van der Waals surface area contributed by atoms with Crippen LogP contribution in [0.2, 0.25) is 0 Å². The number of hydrogen-bond acceptors (Lipinski definition) is 3. The molecule has 5 nitrogen and oxygen atoms in total. The highest BCUT2D eigenvalue weighted by Gasteiger charge is 2.35. The zero-order valence-electron chi connectivity index (χ0n) is 13.7. The van der Waals surface area contributed by atoms with Crippen molar-refractivity contribution in [3.63, 3.8) is 0 Å². The molecule has 1 aromatic heterocycles. The number of amides is 1. The first kappa shape index (κ1) is 16.9. The van der Waals surface area contributed by atoms with Crippen LogP contribution in [0, 0.1) is 12.3 Å². The summed E-state index contributed by atoms with van der Waals surface area (Å²) in [6, 6.07) is 9.17. The molecule has 1 aromatic carbocycles. The number of nitrogens with zero attached hydrogens (tertiary/aromatic N) is 1. The van der Waals surface area contributed by atoms with Crippen LogP contribution < -0.4 is 5.32 Å². The first-order chi connectivity index (χ1) is 10.9. The van der Waals surface area contributed by atoms with Crippen molar-refractivity contribution in [3.8, 4) is 0 Å². The minimum atomic E-state index is -0.923. The lowest BCUT2D eigenvalue weighted by Crippen LogP contribution is -2.42. The van der Waals surface area contributed by atoms with Crippen LogP contribution >= 0.6 is 0 Å². The van der Waals surface area contributed by atoms with Crippen LogP contribution in [0.25, 0.3) is 10.9 Å². The molecule has 2 aromatic rings. The van der Waals surface area contributed by atoms with Gasteiger partial charge in [0.05, 0.1) is 16.5 Å². The van der Waals surface area contributed by atoms with Gasteiger partial charge in [0.2, 0.25) is 0 Å². The van der Waals surface area contributed by atoms with Crippen molar-refractivity contribution in [2.45, 2.75) is 33.6 Å². The van der Waals surface area contributed by atoms with Crippen LogP contribution in [0.5, 0.6) is 0 Å². The lowest BCUT2D eigenvalue weighted by molar-refractivity contribution is -0.149. The normalized spacial score (nSPS) is 11.4. The second-order valence-electron chi connectivity index (χ2n) is 5.80. The molecule has 0 saturated heterocycles. The Morgan fingerprint density at radius 3 is 2.48 bits per heavy atom. The molecule has 0 spiro atoms. The number of aliphatic carboxylic acids is 1. The highest BCUT2D eigenvalue weighted by molar-refractivity contribution is 6.06. The van der Waals surface area contributed by atoms with Crippen molar-refractivity contribution in [2.75, 3.05) is 6.54 Å². The smallest absolute Gasteiger partial charge is 0.311 e. The van der Waals surface area contributed by atoms with Gasteiger partial charge in [-0.25, -0.2) is 0 Å². The number of nitrogens with one attached hydrogen (secondary N) is 1. The Bertz CT molecular complexity index is 736. The number of para-hydroxylation sites is 1. The summed E-state index contributed by atoms with van der Waals surface area (Å²) in [4.78, 5) is 28.5. The maximum Gasteiger partial charge on any atom is 0.311 e. The van der Waals surface area contributed by atoms with E-state index >= 15 is 0 Å². The van der Waals surface area contributed by atoms with Crippen LogP contribution in [0.15, 0.2) is 30.3 Å². The minimum Gasteiger partial charge on any atom is -0.481 e. The summed E-state index contributed by atoms with van der Waals surface area (Å²) in [5, 5.41) is 13.0. The van der Waals surface area contributed by atoms with E-state index in [0.717, 1.165) is 16.6 Å². The van der Waals surface area contributed by atoms with Crippen LogP contribution in [-0.2, 0) is 4.79 Å². The van der Waals surface area contributed by atoms with Gasteiger partial charge in [-0.05, 0) is 31.9 Å². The van der Waals surface area contributed by atoms with Gasteiger partial charge in [0.25, 0.3) is 5.91 Å². The number of aryl methyl sites for hydroxylation is 1. The SMILES string of the molecule is CCC(CC)(CNC(=O)c1cc(C)nc2ccccc12)C(=O)O. The van der Waals surface area contributed by atoms with Crippen molar-refractivity contribution in [2.24, 2.45) is 5.41 Å². The summed E-state index contributed by atoms with van der Waals surface area (Å²) in [6.45, 7) is 5.61. The van der Waals surface area contributed by atoms with E-state index in [9.17, 15) is 14.7 Å². The second-order valence-corrected chi connectivity index (χ2v) is 5.80. The van der Waals surface area contributed by atoms with Crippen molar-refractivity contribution >= 4 is 22.8 Å². The fourth-order valence-electron chi connectivity index (χ4n) is 2.72. The summed E-state index contributed by atoms with van der Waals surface area (Å²) in [5.41, 5.74) is 1.12. The topological polar surface area (TPSA) is 79.3 Å². The Labute approximate surface area is 135 Å². The summed E-state index contributed by atoms with van der Waals surface area (Å²) in [6.07, 6.45) is 0.935. The summed E-state index contributed by atoms with van der Waals surface area (Å²) in [5.74, 6) is -1.14. The quantitative estimate of drug-likeness (QED) is 0.858. The van der Waals surface area contributed by atoms with Gasteiger partial charge in [-0.1, -0.05) is 32.0 Å². The van der Waals surface area contributed by atoms with Gasteiger partial charge >= 0.3 is 5.97 Å². The molecule has 2 rings (SSSR count). The first-order valence-electron chi connectivity index (χ1n) is 7.81. The number of rotatable bonds is 6. The molecule has 23 heavy (non-hydrogen) atoms. The molecular formula is C18H22N2O3. The number of carboxylic acids is 1. The Morgan fingerprint density at radius 1 is 1.22 bits per heavy atom. The van der Waals surface area contributed by atoms with Gasteiger partial charge in [0, 0.05) is 17.6 Å². The number of hydrogen-bond donors (Lipinski definition) is 2. The molecule has 0 aliphatic heterocycles. The maximum atomic E-state index is 12.6. The molecular weight excluding hydrogens is 292 g/mol. The van der Waals surface area contributed by atoms with Gasteiger partial charge in [0.1, 0.15) is 0 Å². The Morgan fingerprint density at radius 2 is 1.87 bits per heavy atom. The van der Waals surface area contributed by atoms with E-state index in [4.69, 9.17) is 0 Å². The van der Waals surface area contributed by atoms with E-state index in [-0.39, 0.29) is 12.5 Å². The van der Waals surface area contributed by atoms with E-state index in [1.807, 2.05) is 45.0 Å². The van der Waals surface area contributed by atoms with Gasteiger partial charge in [-0.3, -0.25) is 14.6 Å². The molecule has 0 bridgehead atoms. The van der Waals surface area contributed by atoms with Crippen LogP contribution in [0.3, 0.4) is 0 Å². The van der Waals surface area contributed by atoms with Crippen LogP contribution in [0.4, 0.5) is 0 Å². The second kappa shape index (κ2) is 6.77. The van der Waals surface area contributed by atoms with E-state index in [1.54, 1.807) is 6.07 Å². The van der Waals surface area contributed by atoms with Crippen molar-refractivity contribution in [1.82, 2.24) is 10.3 Å². The lowest BCUT2D eigenvalue weighted by atomic mass is 9.82. The number of carboxylic acid groups (broad SMARTS) is 1.